The van der Waals surface area contributed by atoms with Crippen LogP contribution < -0.4 is 15.0 Å². The summed E-state index contributed by atoms with van der Waals surface area (Å²) in [5, 5.41) is 11.9. The number of nitrogens with zero attached hydrogens (tertiary/aromatic N) is 4. The molecule has 1 N–H and O–H groups in total. The van der Waals surface area contributed by atoms with Crippen LogP contribution in [0.3, 0.4) is 0 Å². The SMILES string of the molecule is COc1ccccc1NC(=O)N(Cc1nnc2n1CCCCC2)c1cc(C)ccc1C. The van der Waals surface area contributed by atoms with Crippen molar-refractivity contribution in [2.45, 2.75) is 52.6 Å². The van der Waals surface area contributed by atoms with Crippen LogP contribution in [-0.2, 0) is 19.5 Å². The maximum atomic E-state index is 13.5. The third kappa shape index (κ3) is 4.55. The van der Waals surface area contributed by atoms with E-state index in [4.69, 9.17) is 4.74 Å². The standard InChI is InChI=1S/C24H29N5O2/c1-17-12-13-18(2)20(15-17)29(24(30)25-19-9-6-7-10-21(19)31-3)16-23-27-26-22-11-5-4-8-14-28(22)23/h6-7,9-10,12-13,15H,4-5,8,11,14,16H2,1-3H3,(H,25,30). The zero-order valence-electron chi connectivity index (χ0n) is 18.4. The summed E-state index contributed by atoms with van der Waals surface area (Å²) in [5.41, 5.74) is 3.61. The lowest BCUT2D eigenvalue weighted by atomic mass is 10.1. The number of para-hydroxylation sites is 2. The molecule has 0 bridgehead atoms. The van der Waals surface area contributed by atoms with Crippen LogP contribution >= 0.6 is 0 Å². The summed E-state index contributed by atoms with van der Waals surface area (Å²) in [6.45, 7) is 5.29. The van der Waals surface area contributed by atoms with E-state index in [-0.39, 0.29) is 6.03 Å². The Labute approximate surface area is 183 Å². The Bertz CT molecular complexity index is 1080. The van der Waals surface area contributed by atoms with Crippen LogP contribution in [0.1, 0.15) is 42.0 Å². The third-order valence-electron chi connectivity index (χ3n) is 5.73. The molecular weight excluding hydrogens is 390 g/mol. The number of benzene rings is 2. The van der Waals surface area contributed by atoms with E-state index in [0.29, 0.717) is 18.0 Å². The van der Waals surface area contributed by atoms with Crippen molar-refractivity contribution in [2.75, 3.05) is 17.3 Å². The van der Waals surface area contributed by atoms with Crippen LogP contribution in [0.25, 0.3) is 0 Å². The zero-order chi connectivity index (χ0) is 21.8. The number of ether oxygens (including phenoxy) is 1. The van der Waals surface area contributed by atoms with Crippen LogP contribution in [0, 0.1) is 13.8 Å². The lowest BCUT2D eigenvalue weighted by molar-refractivity contribution is 0.256. The van der Waals surface area contributed by atoms with Gasteiger partial charge in [-0.1, -0.05) is 30.7 Å². The molecule has 0 radical (unpaired) electrons. The van der Waals surface area contributed by atoms with Gasteiger partial charge in [-0.25, -0.2) is 4.79 Å². The molecule has 2 heterocycles. The van der Waals surface area contributed by atoms with Crippen LogP contribution in [0.15, 0.2) is 42.5 Å². The van der Waals surface area contributed by atoms with Gasteiger partial charge in [-0.05, 0) is 56.0 Å². The van der Waals surface area contributed by atoms with Gasteiger partial charge < -0.3 is 14.6 Å². The fraction of sp³-hybridized carbons (Fsp3) is 0.375. The average molecular weight is 420 g/mol. The van der Waals surface area contributed by atoms with Crippen LogP contribution in [0.2, 0.25) is 0 Å². The Morgan fingerprint density at radius 1 is 1.13 bits per heavy atom. The van der Waals surface area contributed by atoms with Gasteiger partial charge >= 0.3 is 6.03 Å². The fourth-order valence-corrected chi connectivity index (χ4v) is 4.01. The highest BCUT2D eigenvalue weighted by molar-refractivity contribution is 6.02. The van der Waals surface area contributed by atoms with Crippen molar-refractivity contribution in [3.63, 3.8) is 0 Å². The number of carbonyl (C=O) groups is 1. The number of fused-ring (bicyclic) bond motifs is 1. The molecule has 2 amide bonds. The van der Waals surface area contributed by atoms with Crippen molar-refractivity contribution < 1.29 is 9.53 Å². The van der Waals surface area contributed by atoms with Crippen molar-refractivity contribution in [3.8, 4) is 5.75 Å². The molecule has 1 aliphatic heterocycles. The number of carbonyl (C=O) groups excluding carboxylic acids is 1. The molecule has 0 saturated carbocycles. The summed E-state index contributed by atoms with van der Waals surface area (Å²) in [4.78, 5) is 15.3. The van der Waals surface area contributed by atoms with Gasteiger partial charge in [0.15, 0.2) is 5.82 Å². The maximum absolute atomic E-state index is 13.5. The average Bonchev–Trinajstić information content (AvgIpc) is 2.99. The second kappa shape index (κ2) is 9.20. The van der Waals surface area contributed by atoms with E-state index in [1.54, 1.807) is 12.0 Å². The van der Waals surface area contributed by atoms with Crippen LogP contribution in [-0.4, -0.2) is 27.9 Å². The number of aromatic nitrogens is 3. The smallest absolute Gasteiger partial charge is 0.326 e. The summed E-state index contributed by atoms with van der Waals surface area (Å²) in [6, 6.07) is 13.3. The van der Waals surface area contributed by atoms with Crippen molar-refractivity contribution in [3.05, 3.63) is 65.2 Å². The van der Waals surface area contributed by atoms with Crippen molar-refractivity contribution >= 4 is 17.4 Å². The molecule has 0 unspecified atom stereocenters. The molecule has 0 fully saturated rings. The molecule has 31 heavy (non-hydrogen) atoms. The zero-order valence-corrected chi connectivity index (χ0v) is 18.4. The highest BCUT2D eigenvalue weighted by atomic mass is 16.5. The monoisotopic (exact) mass is 419 g/mol. The molecule has 3 aromatic rings. The number of hydrogen-bond donors (Lipinski definition) is 1. The molecule has 1 aliphatic rings. The predicted molar refractivity (Wildman–Crippen MR) is 122 cm³/mol. The van der Waals surface area contributed by atoms with Gasteiger partial charge in [0.1, 0.15) is 11.6 Å². The molecule has 2 aromatic carbocycles. The highest BCUT2D eigenvalue weighted by Gasteiger charge is 2.24. The molecule has 0 atom stereocenters. The van der Waals surface area contributed by atoms with Crippen molar-refractivity contribution in [2.24, 2.45) is 0 Å². The minimum absolute atomic E-state index is 0.232. The first-order valence-electron chi connectivity index (χ1n) is 10.8. The van der Waals surface area contributed by atoms with E-state index in [1.165, 1.54) is 6.42 Å². The summed E-state index contributed by atoms with van der Waals surface area (Å²) >= 11 is 0. The summed E-state index contributed by atoms with van der Waals surface area (Å²) in [7, 11) is 1.60. The van der Waals surface area contributed by atoms with Gasteiger partial charge in [-0.3, -0.25) is 4.90 Å². The van der Waals surface area contributed by atoms with Crippen LogP contribution in [0.5, 0.6) is 5.75 Å². The summed E-state index contributed by atoms with van der Waals surface area (Å²) < 4.78 is 7.59. The Morgan fingerprint density at radius 2 is 1.97 bits per heavy atom. The first kappa shape index (κ1) is 20.9. The predicted octanol–water partition coefficient (Wildman–Crippen LogP) is 4.87. The van der Waals surface area contributed by atoms with Crippen LogP contribution in [0.4, 0.5) is 16.2 Å². The molecule has 4 rings (SSSR count). The quantitative estimate of drug-likeness (QED) is 0.640. The lowest BCUT2D eigenvalue weighted by Crippen LogP contribution is -2.36. The molecule has 0 aliphatic carbocycles. The van der Waals surface area contributed by atoms with E-state index >= 15 is 0 Å². The number of methoxy groups -OCH3 is 1. The summed E-state index contributed by atoms with van der Waals surface area (Å²) in [6.07, 6.45) is 4.36. The number of anilines is 2. The number of urea groups is 1. The molecule has 7 heteroatoms. The van der Waals surface area contributed by atoms with Gasteiger partial charge in [-0.15, -0.1) is 10.2 Å². The lowest BCUT2D eigenvalue weighted by Gasteiger charge is -2.25. The number of nitrogens with one attached hydrogen (secondary N) is 1. The normalized spacial score (nSPS) is 13.3. The number of hydrogen-bond acceptors (Lipinski definition) is 4. The molecule has 0 saturated heterocycles. The number of amides is 2. The largest absolute Gasteiger partial charge is 0.495 e. The fourth-order valence-electron chi connectivity index (χ4n) is 4.01. The Hall–Kier alpha value is -3.35. The van der Waals surface area contributed by atoms with Gasteiger partial charge in [0, 0.05) is 18.7 Å². The Morgan fingerprint density at radius 3 is 2.81 bits per heavy atom. The topological polar surface area (TPSA) is 72.3 Å². The molecule has 1 aromatic heterocycles. The maximum Gasteiger partial charge on any atom is 0.326 e. The summed E-state index contributed by atoms with van der Waals surface area (Å²) in [5.74, 6) is 2.44. The van der Waals surface area contributed by atoms with Gasteiger partial charge in [-0.2, -0.15) is 0 Å². The number of rotatable bonds is 5. The van der Waals surface area contributed by atoms with Gasteiger partial charge in [0.25, 0.3) is 0 Å². The minimum atomic E-state index is -0.232. The first-order chi connectivity index (χ1) is 15.1. The van der Waals surface area contributed by atoms with E-state index in [2.05, 4.69) is 26.1 Å². The first-order valence-corrected chi connectivity index (χ1v) is 10.8. The van der Waals surface area contributed by atoms with E-state index in [9.17, 15) is 4.79 Å². The molecule has 162 valence electrons. The Kier molecular flexibility index (Phi) is 6.21. The third-order valence-corrected chi connectivity index (χ3v) is 5.73. The van der Waals surface area contributed by atoms with Crippen molar-refractivity contribution in [1.82, 2.24) is 14.8 Å². The van der Waals surface area contributed by atoms with Gasteiger partial charge in [0.2, 0.25) is 0 Å². The van der Waals surface area contributed by atoms with E-state index < -0.39 is 0 Å². The van der Waals surface area contributed by atoms with Gasteiger partial charge in [0.05, 0.1) is 19.3 Å². The molecule has 7 nitrogen and oxygen atoms in total. The second-order valence-corrected chi connectivity index (χ2v) is 8.00. The minimum Gasteiger partial charge on any atom is -0.495 e. The Balaban J connectivity index is 1.69. The van der Waals surface area contributed by atoms with Crippen molar-refractivity contribution in [1.29, 1.82) is 0 Å². The van der Waals surface area contributed by atoms with E-state index in [0.717, 1.165) is 54.3 Å². The second-order valence-electron chi connectivity index (χ2n) is 8.00. The molecule has 0 spiro atoms. The molecular formula is C24H29N5O2. The van der Waals surface area contributed by atoms with E-state index in [1.807, 2.05) is 50.2 Å². The number of aryl methyl sites for hydroxylation is 3. The highest BCUT2D eigenvalue weighted by Crippen LogP contribution is 2.28.